The molecule has 0 aliphatic carbocycles. The lowest BCUT2D eigenvalue weighted by atomic mass is 9.76. The zero-order valence-electron chi connectivity index (χ0n) is 32.1. The number of amides is 5. The summed E-state index contributed by atoms with van der Waals surface area (Å²) in [4.78, 5) is 77.6. The summed E-state index contributed by atoms with van der Waals surface area (Å²) in [6, 6.07) is 17.8. The van der Waals surface area contributed by atoms with E-state index in [1.807, 2.05) is 23.1 Å². The number of benzene rings is 3. The van der Waals surface area contributed by atoms with E-state index in [1.54, 1.807) is 12.1 Å². The Morgan fingerprint density at radius 1 is 0.877 bits per heavy atom. The van der Waals surface area contributed by atoms with Crippen LogP contribution in [0.25, 0.3) is 4.85 Å². The Balaban J connectivity index is 0.745. The number of nitrogens with zero attached hydrogens (tertiary/aromatic N) is 6. The Kier molecular flexibility index (Phi) is 9.56. The van der Waals surface area contributed by atoms with Gasteiger partial charge < -0.3 is 14.7 Å². The maximum atomic E-state index is 13.5. The van der Waals surface area contributed by atoms with Crippen molar-refractivity contribution in [3.8, 4) is 0 Å². The quantitative estimate of drug-likeness (QED) is 0.243. The number of halogens is 1. The molecule has 6 heterocycles. The van der Waals surface area contributed by atoms with Crippen molar-refractivity contribution in [3.63, 3.8) is 0 Å². The van der Waals surface area contributed by atoms with E-state index in [-0.39, 0.29) is 41.8 Å². The zero-order valence-corrected chi connectivity index (χ0v) is 32.9. The second-order valence-corrected chi connectivity index (χ2v) is 17.3. The molecular weight excluding hydrogens is 742 g/mol. The minimum Gasteiger partial charge on any atom is -0.371 e. The summed E-state index contributed by atoms with van der Waals surface area (Å²) in [7, 11) is 0. The third-order valence-electron chi connectivity index (χ3n) is 13.5. The SMILES string of the molecule is [C-]#[N+]c1ccc(N2CC3(CCN(c4ccc(C5CCN(C(=O)CN6Cc7cc8c(cc7C6)C(=O)N(C6CCC(=O)NC6=O)C8=O)CC5)cc4)CC3)C[C@@H]2C)cc1Cl. The number of piperidine rings is 3. The maximum Gasteiger partial charge on any atom is 0.262 e. The van der Waals surface area contributed by atoms with Crippen LogP contribution in [-0.4, -0.2) is 95.6 Å². The number of fused-ring (bicyclic) bond motifs is 2. The summed E-state index contributed by atoms with van der Waals surface area (Å²) in [6.45, 7) is 15.4. The van der Waals surface area contributed by atoms with Crippen LogP contribution in [0.15, 0.2) is 54.6 Å². The van der Waals surface area contributed by atoms with Crippen LogP contribution in [0.1, 0.15) is 95.2 Å². The first-order valence-electron chi connectivity index (χ1n) is 20.2. The summed E-state index contributed by atoms with van der Waals surface area (Å²) < 4.78 is 0. The van der Waals surface area contributed by atoms with Crippen molar-refractivity contribution in [2.75, 3.05) is 49.1 Å². The van der Waals surface area contributed by atoms with E-state index in [0.717, 1.165) is 73.5 Å². The Hall–Kier alpha value is -5.25. The summed E-state index contributed by atoms with van der Waals surface area (Å²) in [6.07, 6.45) is 5.48. The fourth-order valence-corrected chi connectivity index (χ4v) is 10.5. The van der Waals surface area contributed by atoms with Crippen molar-refractivity contribution in [3.05, 3.63) is 98.9 Å². The fourth-order valence-electron chi connectivity index (χ4n) is 10.3. The first-order chi connectivity index (χ1) is 27.5. The van der Waals surface area contributed by atoms with Crippen molar-refractivity contribution in [1.82, 2.24) is 20.0 Å². The fraction of sp³-hybridized carbons (Fsp3) is 0.455. The molecule has 1 unspecified atom stereocenters. The second kappa shape index (κ2) is 14.6. The van der Waals surface area contributed by atoms with E-state index in [0.29, 0.717) is 48.8 Å². The third kappa shape index (κ3) is 6.84. The zero-order chi connectivity index (χ0) is 39.6. The summed E-state index contributed by atoms with van der Waals surface area (Å²) in [5, 5.41) is 2.75. The molecule has 5 amide bonds. The van der Waals surface area contributed by atoms with Gasteiger partial charge in [-0.25, -0.2) is 4.85 Å². The van der Waals surface area contributed by atoms with Crippen molar-refractivity contribution < 1.29 is 24.0 Å². The highest BCUT2D eigenvalue weighted by atomic mass is 35.5. The number of carbonyl (C=O) groups excluding carboxylic acids is 5. The Morgan fingerprint density at radius 3 is 2.14 bits per heavy atom. The molecule has 294 valence electrons. The van der Waals surface area contributed by atoms with Gasteiger partial charge in [0.05, 0.1) is 24.2 Å². The first kappa shape index (κ1) is 37.3. The highest BCUT2D eigenvalue weighted by Gasteiger charge is 2.46. The standard InChI is InChI=1S/C44H46ClN7O5/c1-27-22-44(26-51(27)33-7-8-37(46-2)36(45)21-33)13-17-49(18-14-44)32-5-3-28(4-6-32)29-11-15-50(16-12-29)40(54)25-48-23-30-19-34-35(20-31(30)24-48)43(57)52(42(34)56)38-9-10-39(53)47-41(38)55/h3-8,19-21,27,29,38H,9-18,22-26H2,1H3,(H,47,53,55)/t27-,38?/m0/s1. The molecule has 3 aromatic carbocycles. The van der Waals surface area contributed by atoms with Crippen molar-refractivity contribution in [2.45, 2.75) is 83.0 Å². The highest BCUT2D eigenvalue weighted by molar-refractivity contribution is 6.33. The number of carbonyl (C=O) groups is 5. The Bertz CT molecular complexity index is 2180. The van der Waals surface area contributed by atoms with Crippen LogP contribution in [-0.2, 0) is 27.5 Å². The van der Waals surface area contributed by atoms with Crippen LogP contribution >= 0.6 is 11.6 Å². The van der Waals surface area contributed by atoms with Gasteiger partial charge in [-0.2, -0.15) is 0 Å². The van der Waals surface area contributed by atoms with Crippen molar-refractivity contribution in [2.24, 2.45) is 5.41 Å². The molecule has 1 spiro atoms. The van der Waals surface area contributed by atoms with Gasteiger partial charge in [-0.05, 0) is 110 Å². The molecule has 9 rings (SSSR count). The molecule has 0 aromatic heterocycles. The van der Waals surface area contributed by atoms with Crippen molar-refractivity contribution in [1.29, 1.82) is 0 Å². The largest absolute Gasteiger partial charge is 0.371 e. The first-order valence-corrected chi connectivity index (χ1v) is 20.5. The highest BCUT2D eigenvalue weighted by Crippen LogP contribution is 2.46. The van der Waals surface area contributed by atoms with Crippen LogP contribution in [0, 0.1) is 12.0 Å². The molecule has 6 aliphatic rings. The molecule has 4 fully saturated rings. The molecule has 12 nitrogen and oxygen atoms in total. The number of hydrogen-bond donors (Lipinski definition) is 1. The molecule has 4 saturated heterocycles. The number of rotatable bonds is 6. The minimum atomic E-state index is -0.991. The van der Waals surface area contributed by atoms with Gasteiger partial charge in [0.2, 0.25) is 23.4 Å². The average Bonchev–Trinajstić information content (AvgIpc) is 3.84. The van der Waals surface area contributed by atoms with Crippen LogP contribution in [0.2, 0.25) is 5.02 Å². The van der Waals surface area contributed by atoms with Gasteiger partial charge in [-0.1, -0.05) is 29.8 Å². The molecule has 6 aliphatic heterocycles. The number of imide groups is 2. The van der Waals surface area contributed by atoms with E-state index >= 15 is 0 Å². The maximum absolute atomic E-state index is 13.5. The summed E-state index contributed by atoms with van der Waals surface area (Å²) >= 11 is 6.39. The number of likely N-dealkylation sites (tertiary alicyclic amines) is 1. The number of hydrogen-bond acceptors (Lipinski definition) is 8. The summed E-state index contributed by atoms with van der Waals surface area (Å²) in [5.74, 6) is -1.56. The van der Waals surface area contributed by atoms with E-state index in [2.05, 4.69) is 56.1 Å². The molecule has 0 bridgehead atoms. The lowest BCUT2D eigenvalue weighted by molar-refractivity contribution is -0.136. The molecule has 57 heavy (non-hydrogen) atoms. The van der Waals surface area contributed by atoms with Crippen LogP contribution in [0.3, 0.4) is 0 Å². The molecule has 0 saturated carbocycles. The number of anilines is 2. The van der Waals surface area contributed by atoms with E-state index in [1.165, 1.54) is 11.3 Å². The van der Waals surface area contributed by atoms with Gasteiger partial charge in [-0.3, -0.25) is 39.1 Å². The topological polar surface area (TPSA) is 118 Å². The third-order valence-corrected chi connectivity index (χ3v) is 13.8. The van der Waals surface area contributed by atoms with Crippen LogP contribution in [0.4, 0.5) is 17.1 Å². The predicted molar refractivity (Wildman–Crippen MR) is 215 cm³/mol. The van der Waals surface area contributed by atoms with Gasteiger partial charge >= 0.3 is 0 Å². The molecule has 3 aromatic rings. The van der Waals surface area contributed by atoms with E-state index in [4.69, 9.17) is 18.2 Å². The molecule has 2 atom stereocenters. The van der Waals surface area contributed by atoms with E-state index in [9.17, 15) is 24.0 Å². The normalized spacial score (nSPS) is 23.6. The molecular formula is C44H46ClN7O5. The Morgan fingerprint density at radius 2 is 1.53 bits per heavy atom. The van der Waals surface area contributed by atoms with Gasteiger partial charge in [0.25, 0.3) is 11.8 Å². The average molecular weight is 788 g/mol. The monoisotopic (exact) mass is 787 g/mol. The Labute approximate surface area is 337 Å². The van der Waals surface area contributed by atoms with E-state index < -0.39 is 29.7 Å². The van der Waals surface area contributed by atoms with Gasteiger partial charge in [0, 0.05) is 74.7 Å². The lowest BCUT2D eigenvalue weighted by Gasteiger charge is -2.40. The van der Waals surface area contributed by atoms with Gasteiger partial charge in [0.15, 0.2) is 0 Å². The summed E-state index contributed by atoms with van der Waals surface area (Å²) in [5.41, 5.74) is 6.84. The smallest absolute Gasteiger partial charge is 0.262 e. The van der Waals surface area contributed by atoms with Gasteiger partial charge in [0.1, 0.15) is 6.04 Å². The lowest BCUT2D eigenvalue weighted by Crippen LogP contribution is -2.54. The van der Waals surface area contributed by atoms with Crippen LogP contribution < -0.4 is 15.1 Å². The number of nitrogens with one attached hydrogen (secondary N) is 1. The molecule has 0 radical (unpaired) electrons. The molecule has 13 heteroatoms. The second-order valence-electron chi connectivity index (χ2n) is 16.9. The van der Waals surface area contributed by atoms with Gasteiger partial charge in [-0.15, -0.1) is 0 Å². The van der Waals surface area contributed by atoms with Crippen molar-refractivity contribution >= 4 is 58.2 Å². The van der Waals surface area contributed by atoms with Crippen LogP contribution in [0.5, 0.6) is 0 Å². The predicted octanol–water partition coefficient (Wildman–Crippen LogP) is 5.90. The molecule has 1 N–H and O–H groups in total. The minimum absolute atomic E-state index is 0.0791.